The standard InChI is InChI=1S/C14H21N3O2/c1-14(2)9(10(14)13(18)19)12-15-11(16-17-12)8-6-4-3-5-7-8/h8-10H,3-7H2,1-2H3,(H,18,19)(H,15,16,17). The van der Waals surface area contributed by atoms with Gasteiger partial charge in [-0.15, -0.1) is 0 Å². The van der Waals surface area contributed by atoms with E-state index < -0.39 is 5.97 Å². The molecule has 2 saturated carbocycles. The Morgan fingerprint density at radius 3 is 2.58 bits per heavy atom. The average molecular weight is 263 g/mol. The van der Waals surface area contributed by atoms with Gasteiger partial charge in [0.2, 0.25) is 0 Å². The van der Waals surface area contributed by atoms with Crippen molar-refractivity contribution < 1.29 is 9.90 Å². The van der Waals surface area contributed by atoms with Crippen LogP contribution in [0.4, 0.5) is 0 Å². The van der Waals surface area contributed by atoms with Gasteiger partial charge in [0.1, 0.15) is 5.82 Å². The topological polar surface area (TPSA) is 78.9 Å². The minimum absolute atomic E-state index is 0.0187. The molecule has 1 heterocycles. The van der Waals surface area contributed by atoms with E-state index in [4.69, 9.17) is 0 Å². The van der Waals surface area contributed by atoms with Gasteiger partial charge in [-0.2, -0.15) is 5.10 Å². The summed E-state index contributed by atoms with van der Waals surface area (Å²) in [5.74, 6) is 1.03. The third kappa shape index (κ3) is 2.05. The Morgan fingerprint density at radius 2 is 2.00 bits per heavy atom. The maximum Gasteiger partial charge on any atom is 0.307 e. The molecule has 104 valence electrons. The van der Waals surface area contributed by atoms with Gasteiger partial charge in [-0.25, -0.2) is 4.98 Å². The smallest absolute Gasteiger partial charge is 0.307 e. The Balaban J connectivity index is 1.77. The molecular weight excluding hydrogens is 242 g/mol. The largest absolute Gasteiger partial charge is 0.481 e. The Morgan fingerprint density at radius 1 is 1.32 bits per heavy atom. The number of nitrogens with zero attached hydrogens (tertiary/aromatic N) is 2. The second-order valence-electron chi connectivity index (χ2n) is 6.53. The Labute approximate surface area is 112 Å². The monoisotopic (exact) mass is 263 g/mol. The first-order valence-corrected chi connectivity index (χ1v) is 7.17. The van der Waals surface area contributed by atoms with Crippen LogP contribution in [0.15, 0.2) is 0 Å². The van der Waals surface area contributed by atoms with E-state index in [0.717, 1.165) is 24.5 Å². The highest BCUT2D eigenvalue weighted by atomic mass is 16.4. The highest BCUT2D eigenvalue weighted by Gasteiger charge is 2.64. The zero-order valence-electron chi connectivity index (χ0n) is 11.5. The van der Waals surface area contributed by atoms with Crippen LogP contribution < -0.4 is 0 Å². The van der Waals surface area contributed by atoms with Crippen LogP contribution in [0.5, 0.6) is 0 Å². The molecule has 0 spiro atoms. The van der Waals surface area contributed by atoms with Crippen LogP contribution in [0.2, 0.25) is 0 Å². The van der Waals surface area contributed by atoms with Crippen LogP contribution in [0.1, 0.15) is 69.4 Å². The third-order valence-electron chi connectivity index (χ3n) is 4.88. The maximum absolute atomic E-state index is 11.2. The molecule has 3 rings (SSSR count). The zero-order valence-corrected chi connectivity index (χ0v) is 11.5. The Bertz CT molecular complexity index is 489. The SMILES string of the molecule is CC1(C)C(C(=O)O)C1c1nc(C2CCCCC2)n[nH]1. The van der Waals surface area contributed by atoms with Gasteiger partial charge in [0, 0.05) is 11.8 Å². The normalized spacial score (nSPS) is 30.2. The molecule has 1 aromatic rings. The van der Waals surface area contributed by atoms with Crippen LogP contribution in [-0.2, 0) is 4.79 Å². The molecule has 0 bridgehead atoms. The summed E-state index contributed by atoms with van der Waals surface area (Å²) in [6.07, 6.45) is 6.13. The van der Waals surface area contributed by atoms with Crippen LogP contribution in [0.3, 0.4) is 0 Å². The first-order chi connectivity index (χ1) is 9.01. The highest BCUT2D eigenvalue weighted by molar-refractivity contribution is 5.77. The second-order valence-corrected chi connectivity index (χ2v) is 6.53. The van der Waals surface area contributed by atoms with Crippen molar-refractivity contribution in [1.29, 1.82) is 0 Å². The first-order valence-electron chi connectivity index (χ1n) is 7.17. The van der Waals surface area contributed by atoms with Crippen molar-refractivity contribution in [3.05, 3.63) is 11.6 Å². The Kier molecular flexibility index (Phi) is 2.87. The summed E-state index contributed by atoms with van der Waals surface area (Å²) in [6.45, 7) is 3.97. The van der Waals surface area contributed by atoms with Crippen molar-refractivity contribution in [1.82, 2.24) is 15.2 Å². The van der Waals surface area contributed by atoms with Gasteiger partial charge in [-0.1, -0.05) is 33.1 Å². The summed E-state index contributed by atoms with van der Waals surface area (Å²) in [6, 6.07) is 0. The molecular formula is C14H21N3O2. The lowest BCUT2D eigenvalue weighted by Gasteiger charge is -2.18. The van der Waals surface area contributed by atoms with E-state index in [0.29, 0.717) is 5.92 Å². The van der Waals surface area contributed by atoms with E-state index in [1.807, 2.05) is 13.8 Å². The van der Waals surface area contributed by atoms with Gasteiger partial charge in [0.15, 0.2) is 5.82 Å². The maximum atomic E-state index is 11.2. The molecule has 2 unspecified atom stereocenters. The van der Waals surface area contributed by atoms with E-state index in [9.17, 15) is 9.90 Å². The molecule has 5 heteroatoms. The molecule has 2 fully saturated rings. The van der Waals surface area contributed by atoms with E-state index in [-0.39, 0.29) is 17.3 Å². The number of carboxylic acid groups (broad SMARTS) is 1. The fourth-order valence-electron chi connectivity index (χ4n) is 3.58. The van der Waals surface area contributed by atoms with Gasteiger partial charge in [0.05, 0.1) is 5.92 Å². The molecule has 19 heavy (non-hydrogen) atoms. The van der Waals surface area contributed by atoms with Gasteiger partial charge in [-0.05, 0) is 18.3 Å². The number of aliphatic carboxylic acids is 1. The molecule has 2 aliphatic rings. The number of aromatic amines is 1. The number of nitrogens with one attached hydrogen (secondary N) is 1. The van der Waals surface area contributed by atoms with Crippen molar-refractivity contribution in [2.75, 3.05) is 0 Å². The van der Waals surface area contributed by atoms with Crippen LogP contribution in [-0.4, -0.2) is 26.3 Å². The summed E-state index contributed by atoms with van der Waals surface area (Å²) in [5.41, 5.74) is -0.213. The van der Waals surface area contributed by atoms with Crippen molar-refractivity contribution in [2.24, 2.45) is 11.3 Å². The number of rotatable bonds is 3. The summed E-state index contributed by atoms with van der Waals surface area (Å²) < 4.78 is 0. The van der Waals surface area contributed by atoms with Crippen molar-refractivity contribution in [3.8, 4) is 0 Å². The number of carboxylic acids is 1. The molecule has 2 aliphatic carbocycles. The lowest BCUT2D eigenvalue weighted by atomic mass is 9.89. The number of hydrogen-bond acceptors (Lipinski definition) is 3. The molecule has 2 N–H and O–H groups in total. The average Bonchev–Trinajstić information content (AvgIpc) is 2.76. The number of aromatic nitrogens is 3. The number of hydrogen-bond donors (Lipinski definition) is 2. The molecule has 0 saturated heterocycles. The summed E-state index contributed by atoms with van der Waals surface area (Å²) in [4.78, 5) is 15.8. The fraction of sp³-hybridized carbons (Fsp3) is 0.786. The predicted molar refractivity (Wildman–Crippen MR) is 69.9 cm³/mol. The van der Waals surface area contributed by atoms with E-state index in [1.54, 1.807) is 0 Å². The predicted octanol–water partition coefficient (Wildman–Crippen LogP) is 2.68. The molecule has 1 aromatic heterocycles. The molecule has 0 amide bonds. The quantitative estimate of drug-likeness (QED) is 0.878. The minimum Gasteiger partial charge on any atom is -0.481 e. The lowest BCUT2D eigenvalue weighted by molar-refractivity contribution is -0.139. The molecule has 5 nitrogen and oxygen atoms in total. The second kappa shape index (κ2) is 4.32. The van der Waals surface area contributed by atoms with Gasteiger partial charge in [-0.3, -0.25) is 9.89 Å². The Hall–Kier alpha value is -1.39. The van der Waals surface area contributed by atoms with Gasteiger partial charge >= 0.3 is 5.97 Å². The minimum atomic E-state index is -0.731. The fourth-order valence-corrected chi connectivity index (χ4v) is 3.58. The summed E-state index contributed by atoms with van der Waals surface area (Å²) in [7, 11) is 0. The zero-order chi connectivity index (χ0) is 13.6. The van der Waals surface area contributed by atoms with Gasteiger partial charge in [0.25, 0.3) is 0 Å². The molecule has 2 atom stereocenters. The van der Waals surface area contributed by atoms with E-state index in [1.165, 1.54) is 19.3 Å². The molecule has 0 radical (unpaired) electrons. The van der Waals surface area contributed by atoms with Crippen molar-refractivity contribution in [2.45, 2.75) is 57.8 Å². The number of carbonyl (C=O) groups is 1. The van der Waals surface area contributed by atoms with E-state index >= 15 is 0 Å². The highest BCUT2D eigenvalue weighted by Crippen LogP contribution is 2.63. The number of H-pyrrole nitrogens is 1. The molecule has 0 aliphatic heterocycles. The van der Waals surface area contributed by atoms with E-state index in [2.05, 4.69) is 15.2 Å². The lowest BCUT2D eigenvalue weighted by Crippen LogP contribution is -2.06. The summed E-state index contributed by atoms with van der Waals surface area (Å²) >= 11 is 0. The van der Waals surface area contributed by atoms with Gasteiger partial charge < -0.3 is 5.11 Å². The third-order valence-corrected chi connectivity index (χ3v) is 4.88. The molecule has 0 aromatic carbocycles. The summed E-state index contributed by atoms with van der Waals surface area (Å²) in [5, 5.41) is 16.5. The van der Waals surface area contributed by atoms with Crippen LogP contribution >= 0.6 is 0 Å². The first kappa shape index (κ1) is 12.6. The van der Waals surface area contributed by atoms with Crippen molar-refractivity contribution in [3.63, 3.8) is 0 Å². The van der Waals surface area contributed by atoms with Crippen molar-refractivity contribution >= 4 is 5.97 Å². The van der Waals surface area contributed by atoms with Crippen LogP contribution in [0.25, 0.3) is 0 Å². The van der Waals surface area contributed by atoms with Crippen LogP contribution in [0, 0.1) is 11.3 Å².